The van der Waals surface area contributed by atoms with Gasteiger partial charge in [0.2, 0.25) is 0 Å². The molecule has 0 heterocycles. The maximum absolute atomic E-state index is 6.03. The molecule has 0 aliphatic heterocycles. The van der Waals surface area contributed by atoms with Crippen molar-refractivity contribution < 1.29 is 0 Å². The predicted octanol–water partition coefficient (Wildman–Crippen LogP) is 4.66. The van der Waals surface area contributed by atoms with Crippen LogP contribution in [0.3, 0.4) is 0 Å². The van der Waals surface area contributed by atoms with Gasteiger partial charge in [0, 0.05) is 5.88 Å². The van der Waals surface area contributed by atoms with Gasteiger partial charge in [-0.25, -0.2) is 0 Å². The van der Waals surface area contributed by atoms with E-state index in [1.807, 2.05) is 12.1 Å². The summed E-state index contributed by atoms with van der Waals surface area (Å²) in [5, 5.41) is 0. The normalized spacial score (nSPS) is 10.2. The number of rotatable bonds is 4. The third kappa shape index (κ3) is 2.78. The highest BCUT2D eigenvalue weighted by atomic mass is 35.5. The van der Waals surface area contributed by atoms with E-state index in [1.165, 1.54) is 16.7 Å². The molecule has 0 aliphatic rings. The standard InChI is InChI=1S/C16H15Cl/c1-2-14-9-6-10-15(16(14)12-17)11-13-7-4-3-5-8-13/h2-10H,1,11-12H2. The molecule has 0 aromatic heterocycles. The molecule has 0 saturated carbocycles. The highest BCUT2D eigenvalue weighted by molar-refractivity contribution is 6.17. The molecule has 2 aromatic rings. The molecule has 0 atom stereocenters. The summed E-state index contributed by atoms with van der Waals surface area (Å²) in [7, 11) is 0. The minimum absolute atomic E-state index is 0.532. The SMILES string of the molecule is C=Cc1cccc(Cc2ccccc2)c1CCl. The zero-order chi connectivity index (χ0) is 12.1. The summed E-state index contributed by atoms with van der Waals surface area (Å²) >= 11 is 6.03. The fourth-order valence-electron chi connectivity index (χ4n) is 1.99. The zero-order valence-electron chi connectivity index (χ0n) is 9.70. The molecule has 17 heavy (non-hydrogen) atoms. The van der Waals surface area contributed by atoms with Crippen LogP contribution in [0, 0.1) is 0 Å². The molecule has 2 rings (SSSR count). The van der Waals surface area contributed by atoms with Gasteiger partial charge in [0.25, 0.3) is 0 Å². The third-order valence-corrected chi connectivity index (χ3v) is 3.17. The number of hydrogen-bond donors (Lipinski definition) is 0. The van der Waals surface area contributed by atoms with Crippen LogP contribution in [0.5, 0.6) is 0 Å². The average molecular weight is 243 g/mol. The second-order valence-corrected chi connectivity index (χ2v) is 4.25. The second kappa shape index (κ2) is 5.70. The molecule has 86 valence electrons. The summed E-state index contributed by atoms with van der Waals surface area (Å²) in [6, 6.07) is 16.7. The first-order valence-corrected chi connectivity index (χ1v) is 6.21. The minimum atomic E-state index is 0.532. The van der Waals surface area contributed by atoms with E-state index in [1.54, 1.807) is 0 Å². The molecule has 0 spiro atoms. The molecule has 0 aliphatic carbocycles. The van der Waals surface area contributed by atoms with Crippen LogP contribution in [0.15, 0.2) is 55.1 Å². The largest absolute Gasteiger partial charge is 0.122 e. The summed E-state index contributed by atoms with van der Waals surface area (Å²) in [5.74, 6) is 0.532. The summed E-state index contributed by atoms with van der Waals surface area (Å²) < 4.78 is 0. The van der Waals surface area contributed by atoms with Gasteiger partial charge in [0.05, 0.1) is 0 Å². The van der Waals surface area contributed by atoms with Crippen molar-refractivity contribution in [2.75, 3.05) is 0 Å². The molecule has 0 bridgehead atoms. The Bertz CT molecular complexity index is 500. The van der Waals surface area contributed by atoms with E-state index in [0.29, 0.717) is 5.88 Å². The Hall–Kier alpha value is -1.53. The topological polar surface area (TPSA) is 0 Å². The minimum Gasteiger partial charge on any atom is -0.122 e. The van der Waals surface area contributed by atoms with Crippen LogP contribution >= 0.6 is 11.6 Å². The van der Waals surface area contributed by atoms with Gasteiger partial charge < -0.3 is 0 Å². The summed E-state index contributed by atoms with van der Waals surface area (Å²) in [5.41, 5.74) is 4.91. The molecule has 0 saturated heterocycles. The average Bonchev–Trinajstić information content (AvgIpc) is 2.39. The fourth-order valence-corrected chi connectivity index (χ4v) is 2.32. The smallest absolute Gasteiger partial charge is 0.0482 e. The Kier molecular flexibility index (Phi) is 4.00. The van der Waals surface area contributed by atoms with E-state index in [2.05, 4.69) is 49.0 Å². The van der Waals surface area contributed by atoms with Gasteiger partial charge in [-0.3, -0.25) is 0 Å². The van der Waals surface area contributed by atoms with Gasteiger partial charge in [-0.15, -0.1) is 11.6 Å². The molecular weight excluding hydrogens is 228 g/mol. The van der Waals surface area contributed by atoms with Crippen LogP contribution in [0.25, 0.3) is 6.08 Å². The van der Waals surface area contributed by atoms with Gasteiger partial charge in [-0.05, 0) is 28.7 Å². The highest BCUT2D eigenvalue weighted by Gasteiger charge is 2.05. The van der Waals surface area contributed by atoms with Crippen molar-refractivity contribution in [3.63, 3.8) is 0 Å². The first-order chi connectivity index (χ1) is 8.35. The Morgan fingerprint density at radius 1 is 1.00 bits per heavy atom. The Morgan fingerprint density at radius 2 is 1.76 bits per heavy atom. The van der Waals surface area contributed by atoms with Crippen molar-refractivity contribution in [1.29, 1.82) is 0 Å². The zero-order valence-corrected chi connectivity index (χ0v) is 10.5. The van der Waals surface area contributed by atoms with Crippen molar-refractivity contribution in [2.24, 2.45) is 0 Å². The van der Waals surface area contributed by atoms with Gasteiger partial charge >= 0.3 is 0 Å². The van der Waals surface area contributed by atoms with Crippen LogP contribution in [-0.2, 0) is 12.3 Å². The molecule has 0 nitrogen and oxygen atoms in total. The van der Waals surface area contributed by atoms with Gasteiger partial charge in [0.15, 0.2) is 0 Å². The molecule has 0 fully saturated rings. The van der Waals surface area contributed by atoms with Gasteiger partial charge in [0.1, 0.15) is 0 Å². The number of halogens is 1. The molecule has 0 unspecified atom stereocenters. The lowest BCUT2D eigenvalue weighted by atomic mass is 9.97. The van der Waals surface area contributed by atoms with Crippen LogP contribution in [0.1, 0.15) is 22.3 Å². The molecule has 0 radical (unpaired) electrons. The van der Waals surface area contributed by atoms with E-state index in [4.69, 9.17) is 11.6 Å². The van der Waals surface area contributed by atoms with Crippen LogP contribution < -0.4 is 0 Å². The molecule has 0 N–H and O–H groups in total. The monoisotopic (exact) mass is 242 g/mol. The van der Waals surface area contributed by atoms with Crippen LogP contribution in [0.4, 0.5) is 0 Å². The fraction of sp³-hybridized carbons (Fsp3) is 0.125. The first-order valence-electron chi connectivity index (χ1n) is 5.68. The Balaban J connectivity index is 2.36. The van der Waals surface area contributed by atoms with Crippen molar-refractivity contribution in [2.45, 2.75) is 12.3 Å². The highest BCUT2D eigenvalue weighted by Crippen LogP contribution is 2.21. The quantitative estimate of drug-likeness (QED) is 0.684. The number of alkyl halides is 1. The van der Waals surface area contributed by atoms with Crippen molar-refractivity contribution in [3.05, 3.63) is 77.4 Å². The Morgan fingerprint density at radius 3 is 2.41 bits per heavy atom. The van der Waals surface area contributed by atoms with E-state index >= 15 is 0 Å². The van der Waals surface area contributed by atoms with Crippen LogP contribution in [0.2, 0.25) is 0 Å². The van der Waals surface area contributed by atoms with E-state index in [9.17, 15) is 0 Å². The summed E-state index contributed by atoms with van der Waals surface area (Å²) in [6.45, 7) is 3.83. The second-order valence-electron chi connectivity index (χ2n) is 3.99. The van der Waals surface area contributed by atoms with Crippen molar-refractivity contribution in [3.8, 4) is 0 Å². The van der Waals surface area contributed by atoms with E-state index in [0.717, 1.165) is 12.0 Å². The molecule has 1 heteroatoms. The lowest BCUT2D eigenvalue weighted by molar-refractivity contribution is 1.14. The Labute approximate surface area is 108 Å². The maximum Gasteiger partial charge on any atom is 0.0482 e. The molecular formula is C16H15Cl. The van der Waals surface area contributed by atoms with Gasteiger partial charge in [-0.2, -0.15) is 0 Å². The number of benzene rings is 2. The van der Waals surface area contributed by atoms with Gasteiger partial charge in [-0.1, -0.05) is 61.2 Å². The first kappa shape index (κ1) is 11.9. The lowest BCUT2D eigenvalue weighted by Gasteiger charge is -2.10. The lowest BCUT2D eigenvalue weighted by Crippen LogP contribution is -1.96. The van der Waals surface area contributed by atoms with Crippen molar-refractivity contribution in [1.82, 2.24) is 0 Å². The molecule has 2 aromatic carbocycles. The van der Waals surface area contributed by atoms with E-state index < -0.39 is 0 Å². The number of hydrogen-bond acceptors (Lipinski definition) is 0. The maximum atomic E-state index is 6.03. The van der Waals surface area contributed by atoms with Crippen LogP contribution in [-0.4, -0.2) is 0 Å². The van der Waals surface area contributed by atoms with E-state index in [-0.39, 0.29) is 0 Å². The third-order valence-electron chi connectivity index (χ3n) is 2.90. The summed E-state index contributed by atoms with van der Waals surface area (Å²) in [4.78, 5) is 0. The summed E-state index contributed by atoms with van der Waals surface area (Å²) in [6.07, 6.45) is 2.79. The van der Waals surface area contributed by atoms with Crippen molar-refractivity contribution >= 4 is 17.7 Å². The molecule has 0 amide bonds. The predicted molar refractivity (Wildman–Crippen MR) is 75.3 cm³/mol.